The largest absolute Gasteiger partial charge is 0.376 e. The van der Waals surface area contributed by atoms with E-state index in [1.165, 1.54) is 12.1 Å². The number of halogens is 2. The fourth-order valence-corrected chi connectivity index (χ4v) is 1.63. The van der Waals surface area contributed by atoms with E-state index in [2.05, 4.69) is 5.92 Å². The van der Waals surface area contributed by atoms with Crippen LogP contribution < -0.4 is 0 Å². The molecule has 0 aliphatic carbocycles. The van der Waals surface area contributed by atoms with Crippen LogP contribution in [0.3, 0.4) is 0 Å². The van der Waals surface area contributed by atoms with Gasteiger partial charge in [-0.15, -0.1) is 6.42 Å². The van der Waals surface area contributed by atoms with E-state index in [1.54, 1.807) is 0 Å². The van der Waals surface area contributed by atoms with E-state index in [-0.39, 0.29) is 21.2 Å². The van der Waals surface area contributed by atoms with Crippen molar-refractivity contribution in [1.82, 2.24) is 0 Å². The quantitative estimate of drug-likeness (QED) is 0.624. The van der Waals surface area contributed by atoms with Gasteiger partial charge in [-0.1, -0.05) is 29.1 Å². The molecule has 1 atom stereocenters. The molecule has 0 amide bonds. The minimum Gasteiger partial charge on any atom is -0.376 e. The molecule has 0 aromatic heterocycles. The zero-order valence-corrected chi connectivity index (χ0v) is 8.51. The summed E-state index contributed by atoms with van der Waals surface area (Å²) in [5.41, 5.74) is 0.445. The van der Waals surface area contributed by atoms with Crippen molar-refractivity contribution in [2.24, 2.45) is 0 Å². The maximum absolute atomic E-state index is 10.5. The van der Waals surface area contributed by atoms with Crippen molar-refractivity contribution in [2.75, 3.05) is 0 Å². The van der Waals surface area contributed by atoms with Crippen LogP contribution in [0.2, 0.25) is 10.0 Å². The molecule has 0 saturated carbocycles. The lowest BCUT2D eigenvalue weighted by molar-refractivity contribution is 0.112. The predicted molar refractivity (Wildman–Crippen MR) is 55.6 cm³/mol. The summed E-state index contributed by atoms with van der Waals surface area (Å²) in [5, 5.41) is 9.73. The molecular weight excluding hydrogens is 223 g/mol. The van der Waals surface area contributed by atoms with Gasteiger partial charge in [-0.05, 0) is 12.1 Å². The highest BCUT2D eigenvalue weighted by molar-refractivity contribution is 6.37. The monoisotopic (exact) mass is 228 g/mol. The van der Waals surface area contributed by atoms with Crippen LogP contribution in [0, 0.1) is 12.3 Å². The molecule has 2 nitrogen and oxygen atoms in total. The second-order valence-corrected chi connectivity index (χ2v) is 3.34. The van der Waals surface area contributed by atoms with Gasteiger partial charge in [0.05, 0.1) is 5.02 Å². The molecule has 1 aromatic rings. The third-order valence-electron chi connectivity index (χ3n) is 1.71. The topological polar surface area (TPSA) is 37.3 Å². The number of rotatable bonds is 2. The maximum atomic E-state index is 10.5. The summed E-state index contributed by atoms with van der Waals surface area (Å²) in [6.07, 6.45) is 4.40. The Hall–Kier alpha value is -1.01. The molecule has 0 radical (unpaired) electrons. The van der Waals surface area contributed by atoms with Gasteiger partial charge in [0, 0.05) is 16.1 Å². The highest BCUT2D eigenvalue weighted by Gasteiger charge is 2.15. The molecule has 1 rings (SSSR count). The molecular formula is C10H6Cl2O2. The Kier molecular flexibility index (Phi) is 3.54. The van der Waals surface area contributed by atoms with Gasteiger partial charge in [-0.25, -0.2) is 0 Å². The number of aliphatic hydroxyl groups excluding tert-OH is 1. The minimum absolute atomic E-state index is 0.0953. The third-order valence-corrected chi connectivity index (χ3v) is 2.47. The minimum atomic E-state index is -1.20. The molecule has 1 aromatic carbocycles. The zero-order valence-electron chi connectivity index (χ0n) is 7.00. The molecule has 0 aliphatic rings. The fourth-order valence-electron chi connectivity index (χ4n) is 1.01. The van der Waals surface area contributed by atoms with Gasteiger partial charge in [0.2, 0.25) is 0 Å². The average molecular weight is 229 g/mol. The van der Waals surface area contributed by atoms with E-state index < -0.39 is 6.10 Å². The van der Waals surface area contributed by atoms with Crippen molar-refractivity contribution < 1.29 is 9.90 Å². The van der Waals surface area contributed by atoms with Gasteiger partial charge in [0.1, 0.15) is 6.10 Å². The number of terminal acetylenes is 1. The average Bonchev–Trinajstić information content (AvgIpc) is 2.18. The molecule has 14 heavy (non-hydrogen) atoms. The van der Waals surface area contributed by atoms with Crippen LogP contribution in [0.25, 0.3) is 0 Å². The number of carbonyl (C=O) groups is 1. The van der Waals surface area contributed by atoms with Crippen LogP contribution in [-0.4, -0.2) is 11.4 Å². The lowest BCUT2D eigenvalue weighted by Gasteiger charge is -2.10. The summed E-state index contributed by atoms with van der Waals surface area (Å²) in [6.45, 7) is 0. The van der Waals surface area contributed by atoms with Gasteiger partial charge in [0.15, 0.2) is 6.29 Å². The van der Waals surface area contributed by atoms with Crippen molar-refractivity contribution in [3.05, 3.63) is 33.3 Å². The first-order chi connectivity index (χ1) is 6.61. The van der Waals surface area contributed by atoms with E-state index in [1.807, 2.05) is 0 Å². The van der Waals surface area contributed by atoms with Crippen molar-refractivity contribution in [1.29, 1.82) is 0 Å². The first-order valence-electron chi connectivity index (χ1n) is 3.69. The summed E-state index contributed by atoms with van der Waals surface area (Å²) in [5.74, 6) is 2.08. The number of aliphatic hydroxyl groups is 1. The Bertz CT molecular complexity index is 407. The van der Waals surface area contributed by atoms with E-state index >= 15 is 0 Å². The van der Waals surface area contributed by atoms with Crippen LogP contribution in [0.5, 0.6) is 0 Å². The van der Waals surface area contributed by atoms with Crippen LogP contribution in [0.1, 0.15) is 22.0 Å². The number of hydrogen-bond donors (Lipinski definition) is 1. The van der Waals surface area contributed by atoms with E-state index in [9.17, 15) is 9.90 Å². The Labute approximate surface area is 91.5 Å². The van der Waals surface area contributed by atoms with Crippen LogP contribution in [0.4, 0.5) is 0 Å². The Morgan fingerprint density at radius 3 is 2.64 bits per heavy atom. The maximum Gasteiger partial charge on any atom is 0.151 e. The van der Waals surface area contributed by atoms with Crippen molar-refractivity contribution in [3.8, 4) is 12.3 Å². The molecule has 0 heterocycles. The highest BCUT2D eigenvalue weighted by Crippen LogP contribution is 2.32. The first-order valence-corrected chi connectivity index (χ1v) is 4.44. The van der Waals surface area contributed by atoms with Gasteiger partial charge >= 0.3 is 0 Å². The summed E-state index contributed by atoms with van der Waals surface area (Å²) in [4.78, 5) is 10.5. The third kappa shape index (κ3) is 1.91. The van der Waals surface area contributed by atoms with E-state index in [4.69, 9.17) is 29.6 Å². The molecule has 0 bridgehead atoms. The normalized spacial score (nSPS) is 11.9. The number of carbonyl (C=O) groups excluding carboxylic acids is 1. The zero-order chi connectivity index (χ0) is 10.7. The number of aldehydes is 1. The SMILES string of the molecule is C#CC(O)c1c(Cl)ccc(C=O)c1Cl. The molecule has 0 fully saturated rings. The lowest BCUT2D eigenvalue weighted by atomic mass is 10.1. The second kappa shape index (κ2) is 4.47. The molecule has 1 N–H and O–H groups in total. The van der Waals surface area contributed by atoms with E-state index in [0.717, 1.165) is 0 Å². The van der Waals surface area contributed by atoms with Crippen molar-refractivity contribution in [2.45, 2.75) is 6.10 Å². The molecule has 0 saturated heterocycles. The summed E-state index contributed by atoms with van der Waals surface area (Å²) >= 11 is 11.6. The predicted octanol–water partition coefficient (Wildman–Crippen LogP) is 2.47. The molecule has 1 unspecified atom stereocenters. The fraction of sp³-hybridized carbons (Fsp3) is 0.100. The molecule has 4 heteroatoms. The number of hydrogen-bond acceptors (Lipinski definition) is 2. The Morgan fingerprint density at radius 2 is 2.14 bits per heavy atom. The van der Waals surface area contributed by atoms with Gasteiger partial charge in [0.25, 0.3) is 0 Å². The first kappa shape index (κ1) is 11.1. The van der Waals surface area contributed by atoms with Crippen molar-refractivity contribution >= 4 is 29.5 Å². The van der Waals surface area contributed by atoms with Gasteiger partial charge < -0.3 is 5.11 Å². The summed E-state index contributed by atoms with van der Waals surface area (Å²) in [7, 11) is 0. The molecule has 0 aliphatic heterocycles. The molecule has 0 spiro atoms. The van der Waals surface area contributed by atoms with Crippen molar-refractivity contribution in [3.63, 3.8) is 0 Å². The molecule has 72 valence electrons. The Balaban J connectivity index is 3.41. The van der Waals surface area contributed by atoms with Crippen LogP contribution in [0.15, 0.2) is 12.1 Å². The Morgan fingerprint density at radius 1 is 1.50 bits per heavy atom. The summed E-state index contributed by atoms with van der Waals surface area (Å²) < 4.78 is 0. The standard InChI is InChI=1S/C10H6Cl2O2/c1-2-8(14)9-7(11)4-3-6(5-13)10(9)12/h1,3-5,8,14H. The van der Waals surface area contributed by atoms with Gasteiger partial charge in [-0.3, -0.25) is 4.79 Å². The van der Waals surface area contributed by atoms with Gasteiger partial charge in [-0.2, -0.15) is 0 Å². The highest BCUT2D eigenvalue weighted by atomic mass is 35.5. The van der Waals surface area contributed by atoms with Crippen LogP contribution >= 0.6 is 23.2 Å². The second-order valence-electron chi connectivity index (χ2n) is 2.55. The number of benzene rings is 1. The summed E-state index contributed by atoms with van der Waals surface area (Å²) in [6, 6.07) is 2.93. The van der Waals surface area contributed by atoms with E-state index in [0.29, 0.717) is 6.29 Å². The smallest absolute Gasteiger partial charge is 0.151 e. The lowest BCUT2D eigenvalue weighted by Crippen LogP contribution is -1.98. The van der Waals surface area contributed by atoms with Crippen LogP contribution in [-0.2, 0) is 0 Å².